The molecule has 0 bridgehead atoms. The van der Waals surface area contributed by atoms with Crippen LogP contribution in [0, 0.1) is 11.8 Å². The minimum absolute atomic E-state index is 0.0423. The number of rotatable bonds is 4. The first-order valence-electron chi connectivity index (χ1n) is 9.85. The van der Waals surface area contributed by atoms with Crippen molar-refractivity contribution in [2.45, 2.75) is 64.3 Å². The van der Waals surface area contributed by atoms with E-state index < -0.39 is 0 Å². The van der Waals surface area contributed by atoms with Gasteiger partial charge in [-0.3, -0.25) is 14.4 Å². The first-order chi connectivity index (χ1) is 12.1. The van der Waals surface area contributed by atoms with Crippen LogP contribution in [-0.4, -0.2) is 59.9 Å². The minimum atomic E-state index is -0.240. The minimum Gasteiger partial charge on any atom is -0.466 e. The molecular formula is C19H30N2O4. The van der Waals surface area contributed by atoms with E-state index in [0.717, 1.165) is 25.7 Å². The van der Waals surface area contributed by atoms with Crippen molar-refractivity contribution in [3.63, 3.8) is 0 Å². The summed E-state index contributed by atoms with van der Waals surface area (Å²) in [5.41, 5.74) is 0. The maximum Gasteiger partial charge on any atom is 0.310 e. The number of hydrogen-bond donors (Lipinski definition) is 0. The van der Waals surface area contributed by atoms with Crippen LogP contribution >= 0.6 is 0 Å². The van der Waals surface area contributed by atoms with E-state index in [4.69, 9.17) is 4.74 Å². The Balaban J connectivity index is 1.57. The van der Waals surface area contributed by atoms with Gasteiger partial charge in [0.25, 0.3) is 0 Å². The van der Waals surface area contributed by atoms with E-state index in [1.54, 1.807) is 11.8 Å². The van der Waals surface area contributed by atoms with E-state index in [9.17, 15) is 14.4 Å². The summed E-state index contributed by atoms with van der Waals surface area (Å²) < 4.78 is 5.11. The lowest BCUT2D eigenvalue weighted by molar-refractivity contribution is -0.152. The Bertz CT molecular complexity index is 516. The molecule has 3 fully saturated rings. The summed E-state index contributed by atoms with van der Waals surface area (Å²) in [7, 11) is 0. The molecule has 0 aromatic carbocycles. The molecule has 3 aliphatic rings. The van der Waals surface area contributed by atoms with E-state index in [1.807, 2.05) is 4.90 Å². The Kier molecular flexibility index (Phi) is 5.97. The van der Waals surface area contributed by atoms with Gasteiger partial charge in [-0.25, -0.2) is 0 Å². The van der Waals surface area contributed by atoms with Crippen molar-refractivity contribution in [3.8, 4) is 0 Å². The molecule has 25 heavy (non-hydrogen) atoms. The van der Waals surface area contributed by atoms with E-state index in [0.29, 0.717) is 38.7 Å². The van der Waals surface area contributed by atoms with Crippen molar-refractivity contribution < 1.29 is 19.1 Å². The summed E-state index contributed by atoms with van der Waals surface area (Å²) in [5, 5.41) is 0. The number of nitrogens with zero attached hydrogens (tertiary/aromatic N) is 2. The van der Waals surface area contributed by atoms with Crippen molar-refractivity contribution in [1.82, 2.24) is 9.80 Å². The monoisotopic (exact) mass is 350 g/mol. The van der Waals surface area contributed by atoms with Gasteiger partial charge in [0.2, 0.25) is 11.8 Å². The zero-order valence-electron chi connectivity index (χ0n) is 15.2. The fraction of sp³-hybridized carbons (Fsp3) is 0.842. The number of esters is 1. The molecule has 0 unspecified atom stereocenters. The molecule has 3 rings (SSSR count). The van der Waals surface area contributed by atoms with Crippen LogP contribution in [-0.2, 0) is 19.1 Å². The molecule has 2 amide bonds. The first-order valence-corrected chi connectivity index (χ1v) is 9.85. The Morgan fingerprint density at radius 1 is 1.04 bits per heavy atom. The number of likely N-dealkylation sites (tertiary alicyclic amines) is 2. The topological polar surface area (TPSA) is 66.9 Å². The third-order valence-corrected chi connectivity index (χ3v) is 5.88. The Labute approximate surface area is 149 Å². The molecule has 6 heteroatoms. The fourth-order valence-corrected chi connectivity index (χ4v) is 4.53. The second kappa shape index (κ2) is 8.19. The third kappa shape index (κ3) is 4.15. The molecule has 0 spiro atoms. The maximum absolute atomic E-state index is 12.9. The van der Waals surface area contributed by atoms with Gasteiger partial charge in [-0.2, -0.15) is 0 Å². The van der Waals surface area contributed by atoms with Crippen molar-refractivity contribution in [1.29, 1.82) is 0 Å². The normalized spacial score (nSPS) is 28.3. The van der Waals surface area contributed by atoms with Gasteiger partial charge in [-0.15, -0.1) is 0 Å². The van der Waals surface area contributed by atoms with Crippen LogP contribution in [0.2, 0.25) is 0 Å². The summed E-state index contributed by atoms with van der Waals surface area (Å²) in [6.45, 7) is 3.85. The SMILES string of the molecule is CCOC(=O)[C@H]1CCCN(C(=O)[C@@H]2CC(=O)N(C3CCCCC3)C2)C1. The number of piperidine rings is 1. The van der Waals surface area contributed by atoms with Gasteiger partial charge in [-0.05, 0) is 32.6 Å². The van der Waals surface area contributed by atoms with Gasteiger partial charge in [-0.1, -0.05) is 19.3 Å². The molecule has 2 saturated heterocycles. The second-order valence-electron chi connectivity index (χ2n) is 7.61. The highest BCUT2D eigenvalue weighted by molar-refractivity contribution is 5.89. The standard InChI is InChI=1S/C19H30N2O4/c1-2-25-19(24)14-7-6-10-20(12-14)18(23)15-11-17(22)21(13-15)16-8-4-3-5-9-16/h14-16H,2-13H2,1H3/t14-,15+/m0/s1. The fourth-order valence-electron chi connectivity index (χ4n) is 4.53. The van der Waals surface area contributed by atoms with Crippen LogP contribution < -0.4 is 0 Å². The van der Waals surface area contributed by atoms with E-state index >= 15 is 0 Å². The van der Waals surface area contributed by atoms with Crippen LogP contribution in [0.25, 0.3) is 0 Å². The van der Waals surface area contributed by atoms with Gasteiger partial charge in [0, 0.05) is 32.1 Å². The molecule has 0 aromatic rings. The highest BCUT2D eigenvalue weighted by Gasteiger charge is 2.41. The zero-order valence-corrected chi connectivity index (χ0v) is 15.2. The van der Waals surface area contributed by atoms with Crippen LogP contribution in [0.3, 0.4) is 0 Å². The molecule has 2 atom stereocenters. The Hall–Kier alpha value is -1.59. The van der Waals surface area contributed by atoms with E-state index in [2.05, 4.69) is 0 Å². The number of ether oxygens (including phenoxy) is 1. The smallest absolute Gasteiger partial charge is 0.310 e. The Morgan fingerprint density at radius 3 is 2.52 bits per heavy atom. The highest BCUT2D eigenvalue weighted by atomic mass is 16.5. The summed E-state index contributed by atoms with van der Waals surface area (Å²) >= 11 is 0. The van der Waals surface area contributed by atoms with Crippen molar-refractivity contribution in [2.24, 2.45) is 11.8 Å². The van der Waals surface area contributed by atoms with E-state index in [-0.39, 0.29) is 29.6 Å². The summed E-state index contributed by atoms with van der Waals surface area (Å²) in [4.78, 5) is 41.0. The van der Waals surface area contributed by atoms with Crippen molar-refractivity contribution in [3.05, 3.63) is 0 Å². The highest BCUT2D eigenvalue weighted by Crippen LogP contribution is 2.30. The molecule has 1 aliphatic carbocycles. The van der Waals surface area contributed by atoms with Gasteiger partial charge in [0.1, 0.15) is 0 Å². The molecule has 6 nitrogen and oxygen atoms in total. The lowest BCUT2D eigenvalue weighted by Gasteiger charge is -2.34. The van der Waals surface area contributed by atoms with Gasteiger partial charge >= 0.3 is 5.97 Å². The molecule has 0 radical (unpaired) electrons. The lowest BCUT2D eigenvalue weighted by Crippen LogP contribution is -2.46. The van der Waals surface area contributed by atoms with Crippen LogP contribution in [0.15, 0.2) is 0 Å². The van der Waals surface area contributed by atoms with Gasteiger partial charge in [0.15, 0.2) is 0 Å². The molecule has 1 saturated carbocycles. The summed E-state index contributed by atoms with van der Waals surface area (Å²) in [5.74, 6) is -0.490. The van der Waals surface area contributed by atoms with Crippen molar-refractivity contribution >= 4 is 17.8 Å². The number of amides is 2. The van der Waals surface area contributed by atoms with Crippen LogP contribution in [0.4, 0.5) is 0 Å². The molecule has 0 aromatic heterocycles. The average Bonchev–Trinajstić information content (AvgIpc) is 3.04. The third-order valence-electron chi connectivity index (χ3n) is 5.88. The van der Waals surface area contributed by atoms with Gasteiger partial charge in [0.05, 0.1) is 18.4 Å². The molecule has 0 N–H and O–H groups in total. The number of hydrogen-bond acceptors (Lipinski definition) is 4. The summed E-state index contributed by atoms with van der Waals surface area (Å²) in [6.07, 6.45) is 7.69. The van der Waals surface area contributed by atoms with Crippen LogP contribution in [0.5, 0.6) is 0 Å². The summed E-state index contributed by atoms with van der Waals surface area (Å²) in [6, 6.07) is 0.327. The zero-order chi connectivity index (χ0) is 17.8. The quantitative estimate of drug-likeness (QED) is 0.727. The largest absolute Gasteiger partial charge is 0.466 e. The Morgan fingerprint density at radius 2 is 1.80 bits per heavy atom. The lowest BCUT2D eigenvalue weighted by atomic mass is 9.94. The number of carbonyl (C=O) groups excluding carboxylic acids is 3. The average molecular weight is 350 g/mol. The molecule has 2 aliphatic heterocycles. The van der Waals surface area contributed by atoms with Crippen LogP contribution in [0.1, 0.15) is 58.3 Å². The molecule has 140 valence electrons. The second-order valence-corrected chi connectivity index (χ2v) is 7.61. The van der Waals surface area contributed by atoms with Crippen molar-refractivity contribution in [2.75, 3.05) is 26.2 Å². The maximum atomic E-state index is 12.9. The van der Waals surface area contributed by atoms with Gasteiger partial charge < -0.3 is 14.5 Å². The molecular weight excluding hydrogens is 320 g/mol. The molecule has 2 heterocycles. The first kappa shape index (κ1) is 18.2. The predicted molar refractivity (Wildman–Crippen MR) is 92.6 cm³/mol. The predicted octanol–water partition coefficient (Wildman–Crippen LogP) is 1.97. The van der Waals surface area contributed by atoms with E-state index in [1.165, 1.54) is 19.3 Å². The number of carbonyl (C=O) groups is 3.